The highest BCUT2D eigenvalue weighted by molar-refractivity contribution is 6.60. The summed E-state index contributed by atoms with van der Waals surface area (Å²) in [4.78, 5) is 0. The van der Waals surface area contributed by atoms with Crippen LogP contribution in [0.15, 0.2) is 12.1 Å². The second-order valence-corrected chi connectivity index (χ2v) is 8.61. The zero-order valence-corrected chi connectivity index (χ0v) is 15.1. The van der Waals surface area contributed by atoms with Crippen LogP contribution in [0, 0.1) is 17.5 Å². The summed E-state index contributed by atoms with van der Waals surface area (Å²) < 4.78 is 55.9. The van der Waals surface area contributed by atoms with E-state index < -0.39 is 26.3 Å². The van der Waals surface area contributed by atoms with E-state index in [0.29, 0.717) is 18.0 Å². The van der Waals surface area contributed by atoms with Gasteiger partial charge in [-0.05, 0) is 50.8 Å². The number of hydrogen-bond donors (Lipinski definition) is 0. The van der Waals surface area contributed by atoms with Gasteiger partial charge in [-0.3, -0.25) is 0 Å². The Kier molecular flexibility index (Phi) is 8.25. The highest BCUT2D eigenvalue weighted by Crippen LogP contribution is 2.21. The number of benzene rings is 1. The van der Waals surface area contributed by atoms with E-state index >= 15 is 0 Å². The first-order chi connectivity index (χ1) is 10.8. The molecule has 1 aromatic carbocycles. The third-order valence-corrected chi connectivity index (χ3v) is 6.57. The molecule has 23 heavy (non-hydrogen) atoms. The highest BCUT2D eigenvalue weighted by atomic mass is 28.4. The van der Waals surface area contributed by atoms with E-state index in [1.54, 1.807) is 14.2 Å². The highest BCUT2D eigenvalue weighted by Gasteiger charge is 2.39. The predicted octanol–water partition coefficient (Wildman–Crippen LogP) is 4.47. The Labute approximate surface area is 137 Å². The van der Waals surface area contributed by atoms with Crippen molar-refractivity contribution >= 4 is 8.80 Å². The lowest BCUT2D eigenvalue weighted by Gasteiger charge is -2.28. The van der Waals surface area contributed by atoms with Gasteiger partial charge in [-0.25, -0.2) is 13.2 Å². The van der Waals surface area contributed by atoms with Crippen LogP contribution in [-0.4, -0.2) is 29.1 Å². The van der Waals surface area contributed by atoms with E-state index in [2.05, 4.69) is 0 Å². The molecule has 0 N–H and O–H groups in total. The first-order valence-corrected chi connectivity index (χ1v) is 9.68. The molecule has 1 rings (SSSR count). The average molecular weight is 350 g/mol. The molecule has 0 aromatic heterocycles. The van der Waals surface area contributed by atoms with Gasteiger partial charge in [0.1, 0.15) is 0 Å². The van der Waals surface area contributed by atoms with E-state index in [9.17, 15) is 13.2 Å². The Balaban J connectivity index is 2.42. The van der Waals surface area contributed by atoms with Crippen molar-refractivity contribution in [3.8, 4) is 0 Å². The van der Waals surface area contributed by atoms with Gasteiger partial charge in [-0.15, -0.1) is 0 Å². The summed E-state index contributed by atoms with van der Waals surface area (Å²) in [5.41, 5.74) is 0.460. The van der Waals surface area contributed by atoms with Gasteiger partial charge in [0.15, 0.2) is 17.5 Å². The van der Waals surface area contributed by atoms with Crippen molar-refractivity contribution in [1.82, 2.24) is 0 Å². The number of hydrogen-bond acceptors (Lipinski definition) is 3. The van der Waals surface area contributed by atoms with Crippen LogP contribution < -0.4 is 0 Å². The standard InChI is InChI=1S/C16H25F3O3Si/c1-12(2)22-23(20-3,21-4)9-7-5-6-8-13-10-14(17)16(19)15(18)11-13/h10-12H,5-9H2,1-4H3. The van der Waals surface area contributed by atoms with Crippen LogP contribution >= 0.6 is 0 Å². The van der Waals surface area contributed by atoms with Gasteiger partial charge in [0.05, 0.1) is 0 Å². The van der Waals surface area contributed by atoms with Crippen LogP contribution in [0.3, 0.4) is 0 Å². The minimum absolute atomic E-state index is 0.0201. The van der Waals surface area contributed by atoms with Crippen LogP contribution in [-0.2, 0) is 19.7 Å². The lowest BCUT2D eigenvalue weighted by atomic mass is 10.1. The Morgan fingerprint density at radius 2 is 1.52 bits per heavy atom. The molecule has 0 fully saturated rings. The second kappa shape index (κ2) is 9.41. The topological polar surface area (TPSA) is 27.7 Å². The monoisotopic (exact) mass is 350 g/mol. The largest absolute Gasteiger partial charge is 0.500 e. The molecule has 0 aliphatic carbocycles. The summed E-state index contributed by atoms with van der Waals surface area (Å²) in [6.07, 6.45) is 2.92. The molecule has 0 spiro atoms. The molecule has 0 amide bonds. The predicted molar refractivity (Wildman–Crippen MR) is 84.7 cm³/mol. The summed E-state index contributed by atoms with van der Waals surface area (Å²) in [6, 6.07) is 2.78. The number of halogens is 3. The van der Waals surface area contributed by atoms with E-state index in [1.165, 1.54) is 0 Å². The summed E-state index contributed by atoms with van der Waals surface area (Å²) in [5, 5.41) is 0. The molecular weight excluding hydrogens is 325 g/mol. The number of aryl methyl sites for hydroxylation is 1. The zero-order valence-electron chi connectivity index (χ0n) is 14.1. The maximum absolute atomic E-state index is 13.1. The number of rotatable bonds is 10. The molecule has 0 bridgehead atoms. The molecule has 7 heteroatoms. The Morgan fingerprint density at radius 3 is 2.00 bits per heavy atom. The summed E-state index contributed by atoms with van der Waals surface area (Å²) in [6.45, 7) is 3.86. The molecule has 0 saturated heterocycles. The van der Waals surface area contributed by atoms with Crippen molar-refractivity contribution in [3.05, 3.63) is 35.1 Å². The van der Waals surface area contributed by atoms with E-state index in [1.807, 2.05) is 13.8 Å². The van der Waals surface area contributed by atoms with Crippen molar-refractivity contribution in [3.63, 3.8) is 0 Å². The molecule has 1 aromatic rings. The van der Waals surface area contributed by atoms with Crippen molar-refractivity contribution in [2.75, 3.05) is 14.2 Å². The van der Waals surface area contributed by atoms with Crippen LogP contribution in [0.1, 0.15) is 38.7 Å². The van der Waals surface area contributed by atoms with Crippen LogP contribution in [0.5, 0.6) is 0 Å². The van der Waals surface area contributed by atoms with Crippen molar-refractivity contribution in [2.45, 2.75) is 51.7 Å². The summed E-state index contributed by atoms with van der Waals surface area (Å²) in [7, 11) is 0.540. The van der Waals surface area contributed by atoms with Gasteiger partial charge in [0.2, 0.25) is 0 Å². The summed E-state index contributed by atoms with van der Waals surface area (Å²) >= 11 is 0. The Hall–Kier alpha value is -0.893. The molecule has 3 nitrogen and oxygen atoms in total. The molecule has 0 unspecified atom stereocenters. The smallest absolute Gasteiger partial charge is 0.377 e. The molecule has 0 aliphatic heterocycles. The zero-order chi connectivity index (χ0) is 17.5. The quantitative estimate of drug-likeness (QED) is 0.354. The maximum Gasteiger partial charge on any atom is 0.500 e. The van der Waals surface area contributed by atoms with Crippen molar-refractivity contribution in [2.24, 2.45) is 0 Å². The molecular formula is C16H25F3O3Si. The fraction of sp³-hybridized carbons (Fsp3) is 0.625. The average Bonchev–Trinajstić information content (AvgIpc) is 2.50. The molecule has 0 heterocycles. The third-order valence-electron chi connectivity index (χ3n) is 3.53. The molecule has 0 saturated carbocycles. The number of unbranched alkanes of at least 4 members (excludes halogenated alkanes) is 2. The van der Waals surface area contributed by atoms with Gasteiger partial charge in [-0.2, -0.15) is 0 Å². The molecule has 132 valence electrons. The molecule has 0 aliphatic rings. The van der Waals surface area contributed by atoms with E-state index in [4.69, 9.17) is 13.3 Å². The van der Waals surface area contributed by atoms with Gasteiger partial charge in [0.25, 0.3) is 0 Å². The van der Waals surface area contributed by atoms with Crippen molar-refractivity contribution in [1.29, 1.82) is 0 Å². The lowest BCUT2D eigenvalue weighted by Crippen LogP contribution is -2.45. The third kappa shape index (κ3) is 6.25. The van der Waals surface area contributed by atoms with Gasteiger partial charge in [0, 0.05) is 26.4 Å². The first-order valence-electron chi connectivity index (χ1n) is 7.75. The maximum atomic E-state index is 13.1. The first kappa shape index (κ1) is 20.2. The fourth-order valence-electron chi connectivity index (χ4n) is 2.40. The second-order valence-electron chi connectivity index (χ2n) is 5.69. The van der Waals surface area contributed by atoms with Crippen LogP contribution in [0.4, 0.5) is 13.2 Å². The van der Waals surface area contributed by atoms with E-state index in [-0.39, 0.29) is 6.10 Å². The van der Waals surface area contributed by atoms with Gasteiger partial charge in [-0.1, -0.05) is 6.42 Å². The Bertz CT molecular complexity index is 470. The minimum atomic E-state index is -2.63. The van der Waals surface area contributed by atoms with Crippen LogP contribution in [0.2, 0.25) is 6.04 Å². The van der Waals surface area contributed by atoms with E-state index in [0.717, 1.165) is 31.4 Å². The lowest BCUT2D eigenvalue weighted by molar-refractivity contribution is 0.0693. The van der Waals surface area contributed by atoms with Crippen LogP contribution in [0.25, 0.3) is 0 Å². The molecule has 0 atom stereocenters. The normalized spacial score (nSPS) is 12.2. The Morgan fingerprint density at radius 1 is 0.957 bits per heavy atom. The van der Waals surface area contributed by atoms with Gasteiger partial charge >= 0.3 is 8.80 Å². The molecule has 0 radical (unpaired) electrons. The fourth-order valence-corrected chi connectivity index (χ4v) is 4.69. The van der Waals surface area contributed by atoms with Crippen molar-refractivity contribution < 1.29 is 26.4 Å². The van der Waals surface area contributed by atoms with Gasteiger partial charge < -0.3 is 13.3 Å². The minimum Gasteiger partial charge on any atom is -0.377 e. The summed E-state index contributed by atoms with van der Waals surface area (Å²) in [5.74, 6) is -3.71. The SMILES string of the molecule is CO[Si](CCCCCc1cc(F)c(F)c(F)c1)(OC)OC(C)C.